The van der Waals surface area contributed by atoms with E-state index >= 15 is 0 Å². The molecule has 5 heteroatoms. The molecule has 1 unspecified atom stereocenters. The number of rotatable bonds is 4. The largest absolute Gasteiger partial charge is 0.481 e. The minimum Gasteiger partial charge on any atom is -0.481 e. The maximum Gasteiger partial charge on any atom is 0.310 e. The first-order valence-electron chi connectivity index (χ1n) is 6.29. The number of carbonyl (C=O) groups is 1. The molecule has 2 heterocycles. The molecule has 2 rings (SSSR count). The summed E-state index contributed by atoms with van der Waals surface area (Å²) in [4.78, 5) is 20.0. The first kappa shape index (κ1) is 13.5. The van der Waals surface area contributed by atoms with Crippen molar-refractivity contribution in [3.8, 4) is 0 Å². The molecular weight excluding hydrogens is 244 g/mol. The van der Waals surface area contributed by atoms with Gasteiger partial charge in [0.25, 0.3) is 0 Å². The van der Waals surface area contributed by atoms with Gasteiger partial charge in [-0.15, -0.1) is 0 Å². The zero-order valence-electron chi connectivity index (χ0n) is 11.6. The summed E-state index contributed by atoms with van der Waals surface area (Å²) in [5, 5.41) is 9.40. The number of fused-ring (bicyclic) bond motifs is 1. The van der Waals surface area contributed by atoms with E-state index in [0.29, 0.717) is 17.1 Å². The molecule has 1 atom stereocenters. The average Bonchev–Trinajstić information content (AvgIpc) is 2.69. The third-order valence-corrected chi connectivity index (χ3v) is 3.72. The lowest BCUT2D eigenvalue weighted by Crippen LogP contribution is -2.35. The van der Waals surface area contributed by atoms with Crippen LogP contribution < -0.4 is 0 Å². The first-order chi connectivity index (χ1) is 8.83. The van der Waals surface area contributed by atoms with Gasteiger partial charge in [0.2, 0.25) is 0 Å². The lowest BCUT2D eigenvalue weighted by atomic mass is 9.76. The molecule has 0 aromatic carbocycles. The van der Waals surface area contributed by atoms with Crippen molar-refractivity contribution in [2.75, 3.05) is 0 Å². The van der Waals surface area contributed by atoms with E-state index in [9.17, 15) is 9.90 Å². The molecular formula is C14H18N2O3. The number of aryl methyl sites for hydroxylation is 1. The number of carboxylic acids is 1. The quantitative estimate of drug-likeness (QED) is 0.916. The van der Waals surface area contributed by atoms with Crippen molar-refractivity contribution < 1.29 is 14.3 Å². The Bertz CT molecular complexity index is 618. The molecule has 19 heavy (non-hydrogen) atoms. The Kier molecular flexibility index (Phi) is 3.30. The SMILES string of the molecule is Cc1ccc2oc(CC(C)(C(=O)O)C(C)C)nc2n1. The Labute approximate surface area is 111 Å². The van der Waals surface area contributed by atoms with Crippen LogP contribution in [-0.2, 0) is 11.2 Å². The second-order valence-corrected chi connectivity index (χ2v) is 5.44. The van der Waals surface area contributed by atoms with Gasteiger partial charge in [-0.1, -0.05) is 13.8 Å². The molecule has 5 nitrogen and oxygen atoms in total. The molecule has 0 amide bonds. The van der Waals surface area contributed by atoms with Crippen LogP contribution in [0.2, 0.25) is 0 Å². The minimum atomic E-state index is -0.893. The van der Waals surface area contributed by atoms with Gasteiger partial charge in [-0.05, 0) is 31.9 Å². The number of aromatic nitrogens is 2. The summed E-state index contributed by atoms with van der Waals surface area (Å²) >= 11 is 0. The van der Waals surface area contributed by atoms with Crippen molar-refractivity contribution in [3.05, 3.63) is 23.7 Å². The second kappa shape index (κ2) is 4.64. The molecule has 2 aromatic heterocycles. The van der Waals surface area contributed by atoms with Crippen LogP contribution in [-0.4, -0.2) is 21.0 Å². The summed E-state index contributed by atoms with van der Waals surface area (Å²) in [6, 6.07) is 3.65. The van der Waals surface area contributed by atoms with Crippen molar-refractivity contribution in [1.29, 1.82) is 0 Å². The van der Waals surface area contributed by atoms with Gasteiger partial charge in [0.1, 0.15) is 0 Å². The number of aliphatic carboxylic acids is 1. The molecule has 0 saturated heterocycles. The molecule has 0 aliphatic heterocycles. The molecule has 0 aliphatic carbocycles. The molecule has 102 valence electrons. The van der Waals surface area contributed by atoms with Gasteiger partial charge in [-0.3, -0.25) is 4.79 Å². The first-order valence-corrected chi connectivity index (χ1v) is 6.29. The molecule has 0 aliphatic rings. The zero-order chi connectivity index (χ0) is 14.2. The third-order valence-electron chi connectivity index (χ3n) is 3.72. The van der Waals surface area contributed by atoms with Crippen LogP contribution in [0.5, 0.6) is 0 Å². The fraction of sp³-hybridized carbons (Fsp3) is 0.500. The molecule has 0 spiro atoms. The van der Waals surface area contributed by atoms with Gasteiger partial charge >= 0.3 is 5.97 Å². The topological polar surface area (TPSA) is 76.2 Å². The Hall–Kier alpha value is -1.91. The number of carboxylic acid groups (broad SMARTS) is 1. The van der Waals surface area contributed by atoms with E-state index in [0.717, 1.165) is 5.69 Å². The van der Waals surface area contributed by atoms with Crippen LogP contribution in [0.4, 0.5) is 0 Å². The highest BCUT2D eigenvalue weighted by molar-refractivity contribution is 5.75. The van der Waals surface area contributed by atoms with Crippen LogP contribution in [0.3, 0.4) is 0 Å². The normalized spacial score (nSPS) is 14.8. The Morgan fingerprint density at radius 1 is 1.42 bits per heavy atom. The average molecular weight is 262 g/mol. The molecule has 0 fully saturated rings. The van der Waals surface area contributed by atoms with E-state index < -0.39 is 11.4 Å². The van der Waals surface area contributed by atoms with Gasteiger partial charge in [0.15, 0.2) is 17.1 Å². The van der Waals surface area contributed by atoms with Crippen molar-refractivity contribution in [2.45, 2.75) is 34.1 Å². The monoisotopic (exact) mass is 262 g/mol. The van der Waals surface area contributed by atoms with Crippen molar-refractivity contribution >= 4 is 17.2 Å². The second-order valence-electron chi connectivity index (χ2n) is 5.44. The van der Waals surface area contributed by atoms with Crippen molar-refractivity contribution in [1.82, 2.24) is 9.97 Å². The summed E-state index contributed by atoms with van der Waals surface area (Å²) in [5.74, 6) is -0.435. The fourth-order valence-corrected chi connectivity index (χ4v) is 1.87. The summed E-state index contributed by atoms with van der Waals surface area (Å²) < 4.78 is 5.58. The fourth-order valence-electron chi connectivity index (χ4n) is 1.87. The highest BCUT2D eigenvalue weighted by Crippen LogP contribution is 2.32. The van der Waals surface area contributed by atoms with Crippen LogP contribution in [0, 0.1) is 18.3 Å². The number of hydrogen-bond donors (Lipinski definition) is 1. The summed E-state index contributed by atoms with van der Waals surface area (Å²) in [7, 11) is 0. The standard InChI is InChI=1S/C14H18N2O3/c1-8(2)14(4,13(17)18)7-11-16-12-10(19-11)6-5-9(3)15-12/h5-6,8H,7H2,1-4H3,(H,17,18). The van der Waals surface area contributed by atoms with E-state index in [1.807, 2.05) is 32.9 Å². The predicted octanol–water partition coefficient (Wildman–Crippen LogP) is 2.82. The highest BCUT2D eigenvalue weighted by Gasteiger charge is 2.38. The summed E-state index contributed by atoms with van der Waals surface area (Å²) in [5.41, 5.74) is 1.09. The Balaban J connectivity index is 2.37. The van der Waals surface area contributed by atoms with E-state index in [1.165, 1.54) is 0 Å². The van der Waals surface area contributed by atoms with Crippen molar-refractivity contribution in [2.24, 2.45) is 11.3 Å². The Morgan fingerprint density at radius 2 is 2.11 bits per heavy atom. The minimum absolute atomic E-state index is 0.0188. The van der Waals surface area contributed by atoms with Crippen LogP contribution in [0.1, 0.15) is 32.4 Å². The van der Waals surface area contributed by atoms with E-state index in [1.54, 1.807) is 6.92 Å². The number of pyridine rings is 1. The molecule has 1 N–H and O–H groups in total. The van der Waals surface area contributed by atoms with E-state index in [-0.39, 0.29) is 12.3 Å². The van der Waals surface area contributed by atoms with Crippen LogP contribution >= 0.6 is 0 Å². The maximum atomic E-state index is 11.5. The Morgan fingerprint density at radius 3 is 2.68 bits per heavy atom. The number of oxazole rings is 1. The zero-order valence-corrected chi connectivity index (χ0v) is 11.6. The lowest BCUT2D eigenvalue weighted by Gasteiger charge is -2.27. The molecule has 2 aromatic rings. The predicted molar refractivity (Wildman–Crippen MR) is 70.8 cm³/mol. The van der Waals surface area contributed by atoms with E-state index in [2.05, 4.69) is 9.97 Å². The van der Waals surface area contributed by atoms with Gasteiger partial charge in [-0.25, -0.2) is 4.98 Å². The van der Waals surface area contributed by atoms with Gasteiger partial charge < -0.3 is 9.52 Å². The summed E-state index contributed by atoms with van der Waals surface area (Å²) in [6.07, 6.45) is 0.259. The smallest absolute Gasteiger partial charge is 0.310 e. The maximum absolute atomic E-state index is 11.5. The number of nitrogens with zero attached hydrogens (tertiary/aromatic N) is 2. The molecule has 0 bridgehead atoms. The molecule has 0 radical (unpaired) electrons. The number of hydrogen-bond acceptors (Lipinski definition) is 4. The van der Waals surface area contributed by atoms with E-state index in [4.69, 9.17) is 4.42 Å². The lowest BCUT2D eigenvalue weighted by molar-refractivity contribution is -0.150. The highest BCUT2D eigenvalue weighted by atomic mass is 16.4. The van der Waals surface area contributed by atoms with Crippen LogP contribution in [0.25, 0.3) is 11.2 Å². The summed E-state index contributed by atoms with van der Waals surface area (Å²) in [6.45, 7) is 7.37. The molecule has 0 saturated carbocycles. The third kappa shape index (κ3) is 2.45. The van der Waals surface area contributed by atoms with Gasteiger partial charge in [-0.2, -0.15) is 4.98 Å². The van der Waals surface area contributed by atoms with Gasteiger partial charge in [0.05, 0.1) is 5.41 Å². The van der Waals surface area contributed by atoms with Crippen molar-refractivity contribution in [3.63, 3.8) is 0 Å². The van der Waals surface area contributed by atoms with Gasteiger partial charge in [0, 0.05) is 12.1 Å². The van der Waals surface area contributed by atoms with Crippen LogP contribution in [0.15, 0.2) is 16.5 Å².